The van der Waals surface area contributed by atoms with Crippen molar-refractivity contribution in [3.05, 3.63) is 57.8 Å². The van der Waals surface area contributed by atoms with E-state index in [4.69, 9.17) is 0 Å². The first-order valence-electron chi connectivity index (χ1n) is 5.65. The summed E-state index contributed by atoms with van der Waals surface area (Å²) in [6.07, 6.45) is -4.78. The average Bonchev–Trinajstić information content (AvgIpc) is 2.91. The van der Waals surface area contributed by atoms with E-state index in [-0.39, 0.29) is 17.8 Å². The molecule has 0 N–H and O–H groups in total. The van der Waals surface area contributed by atoms with Gasteiger partial charge in [0.15, 0.2) is 11.6 Å². The molecule has 0 atom stereocenters. The molecule has 6 heteroatoms. The minimum Gasteiger partial charge on any atom is -0.294 e. The molecule has 0 saturated carbocycles. The number of alkyl halides is 3. The Morgan fingerprint density at radius 1 is 1.00 bits per heavy atom. The third-order valence-corrected chi connectivity index (χ3v) is 3.56. The highest BCUT2D eigenvalue weighted by atomic mass is 32.1. The molecule has 0 amide bonds. The van der Waals surface area contributed by atoms with Crippen LogP contribution in [0.5, 0.6) is 0 Å². The van der Waals surface area contributed by atoms with Crippen molar-refractivity contribution in [3.63, 3.8) is 0 Å². The number of hydrogen-bond acceptors (Lipinski definition) is 3. The molecular weight excluding hydrogens is 289 g/mol. The zero-order valence-corrected chi connectivity index (χ0v) is 10.9. The molecule has 1 aromatic carbocycles. The van der Waals surface area contributed by atoms with E-state index in [0.29, 0.717) is 4.88 Å². The molecule has 0 unspecified atom stereocenters. The van der Waals surface area contributed by atoms with Crippen LogP contribution in [0.25, 0.3) is 0 Å². The number of carbonyl (C=O) groups is 2. The van der Waals surface area contributed by atoms with E-state index < -0.39 is 17.5 Å². The van der Waals surface area contributed by atoms with Gasteiger partial charge in [0, 0.05) is 5.56 Å². The minimum absolute atomic E-state index is 0.0999. The zero-order valence-electron chi connectivity index (χ0n) is 10.1. The summed E-state index contributed by atoms with van der Waals surface area (Å²) in [4.78, 5) is 24.0. The molecule has 20 heavy (non-hydrogen) atoms. The van der Waals surface area contributed by atoms with E-state index in [1.54, 1.807) is 17.5 Å². The second-order valence-corrected chi connectivity index (χ2v) is 5.02. The lowest BCUT2D eigenvalue weighted by molar-refractivity contribution is -0.137. The fourth-order valence-electron chi connectivity index (χ4n) is 1.62. The van der Waals surface area contributed by atoms with Crippen molar-refractivity contribution in [3.8, 4) is 0 Å². The smallest absolute Gasteiger partial charge is 0.294 e. The monoisotopic (exact) mass is 298 g/mol. The molecular formula is C14H9F3O2S. The Bertz CT molecular complexity index is 613. The fourth-order valence-corrected chi connectivity index (χ4v) is 2.28. The van der Waals surface area contributed by atoms with Gasteiger partial charge in [-0.2, -0.15) is 13.2 Å². The Morgan fingerprint density at radius 3 is 2.15 bits per heavy atom. The van der Waals surface area contributed by atoms with E-state index >= 15 is 0 Å². The standard InChI is InChI=1S/C14H9F3O2S/c15-14(16,17)10-5-3-9(4-6-10)11(18)8-12(19)13-2-1-7-20-13/h1-7H,8H2. The molecule has 0 aliphatic rings. The Labute approximate surface area is 116 Å². The molecule has 0 fully saturated rings. The van der Waals surface area contributed by atoms with Crippen molar-refractivity contribution in [1.82, 2.24) is 0 Å². The number of thiophene rings is 1. The van der Waals surface area contributed by atoms with Gasteiger partial charge in [0.25, 0.3) is 0 Å². The number of benzene rings is 1. The lowest BCUT2D eigenvalue weighted by atomic mass is 10.0. The summed E-state index contributed by atoms with van der Waals surface area (Å²) in [5.74, 6) is -0.818. The van der Waals surface area contributed by atoms with Gasteiger partial charge in [-0.3, -0.25) is 9.59 Å². The van der Waals surface area contributed by atoms with Crippen molar-refractivity contribution < 1.29 is 22.8 Å². The van der Waals surface area contributed by atoms with Crippen LogP contribution < -0.4 is 0 Å². The van der Waals surface area contributed by atoms with Crippen LogP contribution >= 0.6 is 11.3 Å². The number of rotatable bonds is 4. The van der Waals surface area contributed by atoms with Crippen molar-refractivity contribution >= 4 is 22.9 Å². The van der Waals surface area contributed by atoms with Crippen molar-refractivity contribution in [2.45, 2.75) is 12.6 Å². The third kappa shape index (κ3) is 3.33. The first-order chi connectivity index (χ1) is 9.38. The highest BCUT2D eigenvalue weighted by Gasteiger charge is 2.30. The third-order valence-electron chi connectivity index (χ3n) is 2.65. The molecule has 104 valence electrons. The fraction of sp³-hybridized carbons (Fsp3) is 0.143. The number of halogens is 3. The largest absolute Gasteiger partial charge is 0.416 e. The molecule has 2 rings (SSSR count). The van der Waals surface area contributed by atoms with Gasteiger partial charge in [-0.15, -0.1) is 11.3 Å². The van der Waals surface area contributed by atoms with Crippen LogP contribution in [0, 0.1) is 0 Å². The maximum absolute atomic E-state index is 12.4. The molecule has 0 radical (unpaired) electrons. The summed E-state index contributed by atoms with van der Waals surface area (Å²) in [6.45, 7) is 0. The van der Waals surface area contributed by atoms with Crippen LogP contribution in [0.4, 0.5) is 13.2 Å². The average molecular weight is 298 g/mol. The number of hydrogen-bond donors (Lipinski definition) is 0. The summed E-state index contributed by atoms with van der Waals surface area (Å²) in [6, 6.07) is 7.15. The lowest BCUT2D eigenvalue weighted by Gasteiger charge is -2.06. The van der Waals surface area contributed by atoms with Gasteiger partial charge in [0.2, 0.25) is 0 Å². The lowest BCUT2D eigenvalue weighted by Crippen LogP contribution is -2.09. The highest BCUT2D eigenvalue weighted by molar-refractivity contribution is 7.12. The summed E-state index contributed by atoms with van der Waals surface area (Å²) in [5, 5.41) is 1.72. The second kappa shape index (κ2) is 5.58. The molecule has 2 aromatic rings. The van der Waals surface area contributed by atoms with Gasteiger partial charge in [-0.1, -0.05) is 18.2 Å². The maximum atomic E-state index is 12.4. The molecule has 0 spiro atoms. The summed E-state index contributed by atoms with van der Waals surface area (Å²) in [5.41, 5.74) is -0.721. The zero-order chi connectivity index (χ0) is 14.8. The van der Waals surface area contributed by atoms with Crippen LogP contribution in [0.1, 0.15) is 32.0 Å². The van der Waals surface area contributed by atoms with Crippen molar-refractivity contribution in [1.29, 1.82) is 0 Å². The van der Waals surface area contributed by atoms with Gasteiger partial charge in [-0.25, -0.2) is 0 Å². The van der Waals surface area contributed by atoms with Crippen LogP contribution in [-0.2, 0) is 6.18 Å². The molecule has 0 aliphatic heterocycles. The van der Waals surface area contributed by atoms with Gasteiger partial charge in [0.05, 0.1) is 16.9 Å². The Balaban J connectivity index is 2.08. The molecule has 1 aromatic heterocycles. The molecule has 1 heterocycles. The van der Waals surface area contributed by atoms with E-state index in [9.17, 15) is 22.8 Å². The van der Waals surface area contributed by atoms with Crippen molar-refractivity contribution in [2.24, 2.45) is 0 Å². The van der Waals surface area contributed by atoms with Gasteiger partial charge < -0.3 is 0 Å². The number of ketones is 2. The summed E-state index contributed by atoms with van der Waals surface area (Å²) >= 11 is 1.22. The quantitative estimate of drug-likeness (QED) is 0.625. The Kier molecular flexibility index (Phi) is 4.04. The Hall–Kier alpha value is -1.95. The van der Waals surface area contributed by atoms with Crippen LogP contribution in [0.3, 0.4) is 0 Å². The first-order valence-corrected chi connectivity index (χ1v) is 6.53. The SMILES string of the molecule is O=C(CC(=O)c1cccs1)c1ccc(C(F)(F)F)cc1. The van der Waals surface area contributed by atoms with E-state index in [0.717, 1.165) is 24.3 Å². The molecule has 2 nitrogen and oxygen atoms in total. The van der Waals surface area contributed by atoms with Gasteiger partial charge in [0.1, 0.15) is 0 Å². The number of Topliss-reactive ketones (excluding diaryl/α,β-unsaturated/α-hetero) is 2. The highest BCUT2D eigenvalue weighted by Crippen LogP contribution is 2.29. The predicted octanol–water partition coefficient (Wildman–Crippen LogP) is 4.22. The van der Waals surface area contributed by atoms with E-state index in [1.165, 1.54) is 11.3 Å². The van der Waals surface area contributed by atoms with Gasteiger partial charge >= 0.3 is 6.18 Å². The normalized spacial score (nSPS) is 11.3. The van der Waals surface area contributed by atoms with Crippen LogP contribution in [0.15, 0.2) is 41.8 Å². The molecule has 0 aliphatic carbocycles. The van der Waals surface area contributed by atoms with Crippen LogP contribution in [0.2, 0.25) is 0 Å². The predicted molar refractivity (Wildman–Crippen MR) is 69.0 cm³/mol. The summed E-state index contributed by atoms with van der Waals surface area (Å²) in [7, 11) is 0. The van der Waals surface area contributed by atoms with Crippen molar-refractivity contribution in [2.75, 3.05) is 0 Å². The number of carbonyl (C=O) groups excluding carboxylic acids is 2. The molecule has 0 saturated heterocycles. The van der Waals surface area contributed by atoms with Crippen LogP contribution in [-0.4, -0.2) is 11.6 Å². The first kappa shape index (κ1) is 14.5. The second-order valence-electron chi connectivity index (χ2n) is 4.08. The minimum atomic E-state index is -4.44. The maximum Gasteiger partial charge on any atom is 0.416 e. The van der Waals surface area contributed by atoms with E-state index in [1.807, 2.05) is 0 Å². The van der Waals surface area contributed by atoms with Gasteiger partial charge in [-0.05, 0) is 23.6 Å². The topological polar surface area (TPSA) is 34.1 Å². The Morgan fingerprint density at radius 2 is 1.65 bits per heavy atom. The van der Waals surface area contributed by atoms with E-state index in [2.05, 4.69) is 0 Å². The summed E-state index contributed by atoms with van der Waals surface area (Å²) < 4.78 is 37.1. The molecule has 0 bridgehead atoms.